The van der Waals surface area contributed by atoms with Crippen molar-refractivity contribution in [3.63, 3.8) is 0 Å². The summed E-state index contributed by atoms with van der Waals surface area (Å²) in [5.74, 6) is 0. The van der Waals surface area contributed by atoms with Gasteiger partial charge in [0.2, 0.25) is 0 Å². The zero-order valence-corrected chi connectivity index (χ0v) is 17.5. The zero-order chi connectivity index (χ0) is 17.2. The third-order valence-electron chi connectivity index (χ3n) is 3.28. The molecular formula is C16H22N2S5. The van der Waals surface area contributed by atoms with Gasteiger partial charge in [-0.1, -0.05) is 84.9 Å². The van der Waals surface area contributed by atoms with Crippen LogP contribution < -0.4 is 0 Å². The molecule has 2 atom stereocenters. The fourth-order valence-corrected chi connectivity index (χ4v) is 4.92. The number of thioether (sulfide) groups is 1. The van der Waals surface area contributed by atoms with Gasteiger partial charge in [-0.05, 0) is 13.8 Å². The van der Waals surface area contributed by atoms with E-state index in [0.29, 0.717) is 5.25 Å². The van der Waals surface area contributed by atoms with Crippen molar-refractivity contribution in [2.45, 2.75) is 30.9 Å². The minimum atomic E-state index is 0.157. The number of allylic oxidation sites excluding steroid dienone is 4. The number of thiocarbonyl (C=S) groups is 3. The third-order valence-corrected chi connectivity index (χ3v) is 6.38. The summed E-state index contributed by atoms with van der Waals surface area (Å²) in [5, 5.41) is 0.456. The summed E-state index contributed by atoms with van der Waals surface area (Å²) in [5.41, 5.74) is 1.60. The van der Waals surface area contributed by atoms with Crippen LogP contribution in [0.15, 0.2) is 36.5 Å². The van der Waals surface area contributed by atoms with Crippen LogP contribution in [0.25, 0.3) is 0 Å². The van der Waals surface area contributed by atoms with E-state index in [1.54, 1.807) is 17.3 Å². The van der Waals surface area contributed by atoms with E-state index in [-0.39, 0.29) is 5.37 Å². The number of thiol groups is 1. The highest BCUT2D eigenvalue weighted by atomic mass is 32.2. The number of rotatable bonds is 8. The van der Waals surface area contributed by atoms with Gasteiger partial charge in [0.15, 0.2) is 0 Å². The molecule has 0 radical (unpaired) electrons. The fraction of sp³-hybridized carbons (Fsp3) is 0.438. The number of hydrogen-bond acceptors (Lipinski definition) is 5. The summed E-state index contributed by atoms with van der Waals surface area (Å²) in [4.78, 5) is 4.87. The third kappa shape index (κ3) is 6.66. The normalized spacial score (nSPS) is 21.9. The van der Waals surface area contributed by atoms with Gasteiger partial charge >= 0.3 is 0 Å². The second-order valence-corrected chi connectivity index (χ2v) is 7.76. The van der Waals surface area contributed by atoms with Gasteiger partial charge < -0.3 is 9.80 Å². The van der Waals surface area contributed by atoms with E-state index < -0.39 is 0 Å². The molecule has 1 aliphatic heterocycles. The maximum absolute atomic E-state index is 5.35. The molecule has 1 saturated heterocycles. The van der Waals surface area contributed by atoms with Gasteiger partial charge in [-0.25, -0.2) is 0 Å². The van der Waals surface area contributed by atoms with Crippen LogP contribution in [-0.4, -0.2) is 48.3 Å². The van der Waals surface area contributed by atoms with Gasteiger partial charge in [0.1, 0.15) is 4.32 Å². The molecule has 0 aromatic heterocycles. The maximum atomic E-state index is 5.35. The highest BCUT2D eigenvalue weighted by Crippen LogP contribution is 2.34. The van der Waals surface area contributed by atoms with Crippen molar-refractivity contribution in [1.82, 2.24) is 9.80 Å². The van der Waals surface area contributed by atoms with E-state index in [2.05, 4.69) is 30.5 Å². The van der Waals surface area contributed by atoms with Crippen molar-refractivity contribution in [1.29, 1.82) is 0 Å². The van der Waals surface area contributed by atoms with Crippen molar-refractivity contribution in [2.75, 3.05) is 13.1 Å². The Balaban J connectivity index is 2.39. The van der Waals surface area contributed by atoms with Crippen LogP contribution in [0.3, 0.4) is 0 Å². The molecule has 0 bridgehead atoms. The van der Waals surface area contributed by atoms with Crippen LogP contribution in [-0.2, 0) is 0 Å². The molecule has 1 aliphatic rings. The smallest absolute Gasteiger partial charge is 0.137 e. The Morgan fingerprint density at radius 2 is 2.00 bits per heavy atom. The first kappa shape index (κ1) is 20.8. The first-order valence-electron chi connectivity index (χ1n) is 7.45. The van der Waals surface area contributed by atoms with Crippen molar-refractivity contribution < 1.29 is 0 Å². The lowest BCUT2D eigenvalue weighted by atomic mass is 10.3. The lowest BCUT2D eigenvalue weighted by Crippen LogP contribution is -2.31. The first-order valence-corrected chi connectivity index (χ1v) is 10.1. The molecule has 0 aromatic rings. The summed E-state index contributed by atoms with van der Waals surface area (Å²) in [7, 11) is 0. The van der Waals surface area contributed by atoms with Gasteiger partial charge in [0.05, 0.1) is 21.1 Å². The molecule has 1 rings (SSSR count). The maximum Gasteiger partial charge on any atom is 0.137 e. The monoisotopic (exact) mass is 402 g/mol. The van der Waals surface area contributed by atoms with Gasteiger partial charge in [0, 0.05) is 19.5 Å². The SMILES string of the molecule is CCN(C=S)C(=S)C\C=C/C=C/C=C/C1SC(=S)N(CC)C1S. The Morgan fingerprint density at radius 1 is 1.30 bits per heavy atom. The molecule has 0 aliphatic carbocycles. The molecule has 2 unspecified atom stereocenters. The van der Waals surface area contributed by atoms with Crippen molar-refractivity contribution >= 4 is 75.8 Å². The summed E-state index contributed by atoms with van der Waals surface area (Å²) in [6.45, 7) is 5.85. The Hall–Kier alpha value is -0.210. The molecule has 0 spiro atoms. The van der Waals surface area contributed by atoms with Crippen molar-refractivity contribution in [3.8, 4) is 0 Å². The molecule has 0 aromatic carbocycles. The molecule has 23 heavy (non-hydrogen) atoms. The minimum absolute atomic E-state index is 0.157. The minimum Gasteiger partial charge on any atom is -0.345 e. The van der Waals surface area contributed by atoms with Gasteiger partial charge in [0.25, 0.3) is 0 Å². The quantitative estimate of drug-likeness (QED) is 0.357. The summed E-state index contributed by atoms with van der Waals surface area (Å²) < 4.78 is 0.929. The highest BCUT2D eigenvalue weighted by molar-refractivity contribution is 8.24. The average molecular weight is 403 g/mol. The number of nitrogens with zero attached hydrogens (tertiary/aromatic N) is 2. The Bertz CT molecular complexity index is 513. The zero-order valence-electron chi connectivity index (χ0n) is 13.3. The molecule has 7 heteroatoms. The van der Waals surface area contributed by atoms with Crippen LogP contribution in [0, 0.1) is 0 Å². The van der Waals surface area contributed by atoms with Gasteiger partial charge in [-0.2, -0.15) is 12.6 Å². The van der Waals surface area contributed by atoms with Crippen LogP contribution in [0.4, 0.5) is 0 Å². The Kier molecular flexibility index (Phi) is 10.3. The largest absolute Gasteiger partial charge is 0.345 e. The van der Waals surface area contributed by atoms with E-state index in [9.17, 15) is 0 Å². The summed E-state index contributed by atoms with van der Waals surface area (Å²) >= 11 is 21.9. The second-order valence-electron chi connectivity index (χ2n) is 4.74. The number of hydrogen-bond donors (Lipinski definition) is 1. The summed E-state index contributed by atoms with van der Waals surface area (Å²) in [6.07, 6.45) is 12.9. The van der Waals surface area contributed by atoms with E-state index in [1.807, 2.05) is 42.2 Å². The molecule has 126 valence electrons. The van der Waals surface area contributed by atoms with Crippen LogP contribution in [0.5, 0.6) is 0 Å². The first-order chi connectivity index (χ1) is 11.0. The molecule has 0 saturated carbocycles. The van der Waals surface area contributed by atoms with Crippen LogP contribution in [0.2, 0.25) is 0 Å². The Morgan fingerprint density at radius 3 is 2.57 bits per heavy atom. The highest BCUT2D eigenvalue weighted by Gasteiger charge is 2.32. The molecule has 1 heterocycles. The standard InChI is InChI=1S/C16H22N2S5/c1-3-17(12-19)14(20)11-9-7-5-6-8-10-13-15(21)18(4-2)16(22)23-13/h5-10,12-13,15,21H,3-4,11H2,1-2H3/b6-5+,9-7-,10-8+. The predicted octanol–water partition coefficient (Wildman–Crippen LogP) is 4.63. The van der Waals surface area contributed by atoms with Crippen LogP contribution >= 0.6 is 61.0 Å². The van der Waals surface area contributed by atoms with Crippen molar-refractivity contribution in [2.24, 2.45) is 0 Å². The molecular weight excluding hydrogens is 381 g/mol. The predicted molar refractivity (Wildman–Crippen MR) is 120 cm³/mol. The van der Waals surface area contributed by atoms with E-state index >= 15 is 0 Å². The Labute approximate surface area is 165 Å². The van der Waals surface area contributed by atoms with Crippen LogP contribution in [0.1, 0.15) is 20.3 Å². The average Bonchev–Trinajstić information content (AvgIpc) is 2.81. The van der Waals surface area contributed by atoms with E-state index in [0.717, 1.165) is 28.8 Å². The lowest BCUT2D eigenvalue weighted by molar-refractivity contribution is 0.450. The lowest BCUT2D eigenvalue weighted by Gasteiger charge is -2.20. The molecule has 0 N–H and O–H groups in total. The topological polar surface area (TPSA) is 6.48 Å². The fourth-order valence-electron chi connectivity index (χ4n) is 1.96. The molecule has 2 nitrogen and oxygen atoms in total. The van der Waals surface area contributed by atoms with E-state index in [4.69, 9.17) is 36.7 Å². The van der Waals surface area contributed by atoms with Crippen molar-refractivity contribution in [3.05, 3.63) is 36.5 Å². The second kappa shape index (κ2) is 11.4. The van der Waals surface area contributed by atoms with E-state index in [1.165, 1.54) is 0 Å². The summed E-state index contributed by atoms with van der Waals surface area (Å²) in [6, 6.07) is 0. The molecule has 0 amide bonds. The molecule has 1 fully saturated rings. The van der Waals surface area contributed by atoms with Gasteiger partial charge in [-0.3, -0.25) is 0 Å². The van der Waals surface area contributed by atoms with Gasteiger partial charge in [-0.15, -0.1) is 0 Å².